The molecular weight excluding hydrogens is 1150 g/mol. The van der Waals surface area contributed by atoms with E-state index in [1.165, 1.54) is 69.9 Å². The molecule has 0 amide bonds. The summed E-state index contributed by atoms with van der Waals surface area (Å²) in [6, 6.07) is 13.3. The minimum Gasteiger partial charge on any atom is -0.507 e. The van der Waals surface area contributed by atoms with Crippen LogP contribution in [0.4, 0.5) is 0 Å². The van der Waals surface area contributed by atoms with Crippen molar-refractivity contribution in [2.24, 2.45) is 0 Å². The van der Waals surface area contributed by atoms with Gasteiger partial charge in [-0.1, -0.05) is 6.07 Å². The third-order valence-corrected chi connectivity index (χ3v) is 13.4. The molecule has 0 bridgehead atoms. The van der Waals surface area contributed by atoms with Gasteiger partial charge in [0.15, 0.2) is 53.0 Å². The van der Waals surface area contributed by atoms with Crippen LogP contribution in [-0.4, -0.2) is 217 Å². The number of carboxylic acid groups (broad SMARTS) is 1. The Labute approximate surface area is 485 Å². The Balaban J connectivity index is 1.16. The third-order valence-electron chi connectivity index (χ3n) is 13.4. The Morgan fingerprint density at radius 2 is 1.20 bits per heavy atom. The molecule has 14 atom stereocenters. The number of rotatable bonds is 21. The van der Waals surface area contributed by atoms with Crippen LogP contribution < -0.4 is 23.7 Å². The molecule has 3 saturated heterocycles. The number of esters is 3. The topological polar surface area (TPSA) is 453 Å². The average molecular weight is 1210 g/mol. The number of fused-ring (bicyclic) bond motifs is 1. The highest BCUT2D eigenvalue weighted by Gasteiger charge is 2.52. The van der Waals surface area contributed by atoms with Crippen molar-refractivity contribution < 1.29 is 147 Å². The monoisotopic (exact) mass is 1210 g/mol. The second-order valence-corrected chi connectivity index (χ2v) is 19.3. The standard InChI is InChI=1S/C56H58O30/c1-74-34-12-23(4-8-29(34)59)5-10-41(64)77-21-39-47(70)49(72)53(86-55-52(44(67)31(61)20-79-55)85-42(65)11-6-24-13-35(75-2)45(68)36(14-24)76-3)56(84-39)82-37-18-27-32(80-51(37)25-7-9-28(58)30(60)15-25)16-26(57)17-33(27)81-54-50(73)48(71)46(69)38(83-54)22-78-43(66)19-40(62)63/h4-18,31,38-39,44,46-50,52-56,61,67,69-73H,19-22H2,1-3H3,(H5-,57,58,59,60,62,63,64,65,68)/p+1/t31-,38-,39-,44+,46-,47-,48+,49+,50-,52-,53-,54-,55+,56-/m1/s1. The van der Waals surface area contributed by atoms with Crippen molar-refractivity contribution in [2.45, 2.75) is 92.4 Å². The third kappa shape index (κ3) is 14.6. The minimum atomic E-state index is -2.18. The number of carbonyl (C=O) groups excluding carboxylic acids is 3. The van der Waals surface area contributed by atoms with Crippen molar-refractivity contribution >= 4 is 47.0 Å². The van der Waals surface area contributed by atoms with E-state index in [1.54, 1.807) is 0 Å². The number of phenolic OH excluding ortho intramolecular Hbond substituents is 5. The molecule has 462 valence electrons. The highest BCUT2D eigenvalue weighted by atomic mass is 16.8. The van der Waals surface area contributed by atoms with E-state index in [-0.39, 0.29) is 56.6 Å². The fraction of sp³-hybridized carbons (Fsp3) is 0.375. The van der Waals surface area contributed by atoms with Gasteiger partial charge in [0.25, 0.3) is 0 Å². The van der Waals surface area contributed by atoms with Crippen LogP contribution >= 0.6 is 0 Å². The quantitative estimate of drug-likeness (QED) is 0.0117. The molecule has 8 rings (SSSR count). The number of hydrogen-bond acceptors (Lipinski definition) is 28. The van der Waals surface area contributed by atoms with Gasteiger partial charge in [-0.2, -0.15) is 0 Å². The van der Waals surface area contributed by atoms with Gasteiger partial charge in [-0.15, -0.1) is 0 Å². The van der Waals surface area contributed by atoms with E-state index in [0.29, 0.717) is 5.56 Å². The largest absolute Gasteiger partial charge is 0.507 e. The van der Waals surface area contributed by atoms with E-state index in [9.17, 15) is 80.5 Å². The molecule has 13 N–H and O–H groups in total. The van der Waals surface area contributed by atoms with Gasteiger partial charge in [-0.3, -0.25) is 9.59 Å². The molecule has 0 unspecified atom stereocenters. The summed E-state index contributed by atoms with van der Waals surface area (Å²) in [5.74, 6) is -8.60. The Kier molecular flexibility index (Phi) is 20.2. The molecule has 0 saturated carbocycles. The Morgan fingerprint density at radius 1 is 0.581 bits per heavy atom. The molecule has 86 heavy (non-hydrogen) atoms. The van der Waals surface area contributed by atoms with Crippen molar-refractivity contribution in [1.29, 1.82) is 0 Å². The van der Waals surface area contributed by atoms with Crippen LogP contribution in [0.1, 0.15) is 17.5 Å². The van der Waals surface area contributed by atoms with Crippen LogP contribution in [0.2, 0.25) is 0 Å². The first kappa shape index (κ1) is 63.2. The number of methoxy groups -OCH3 is 3. The number of carboxylic acids is 1. The molecule has 3 aliphatic heterocycles. The SMILES string of the molecule is COc1cc(C=CC(=O)OC[C@H]2O[C@@H](Oc3cc4c(O[C@@H]5O[C@H](COC(=O)CC(=O)O)[C@@H](O)[C@H](O)[C@H]5O)cc(O)cc4[o+]c3-c3ccc(O)c(O)c3)[C@H](O[C@@H]3OC[C@@H](O)[C@H](O)[C@H]3OC(=O)C=Cc3cc(OC)c(O)c(OC)c3)[C@@H](O)[C@@H]2O)ccc1O. The second kappa shape index (κ2) is 27.5. The summed E-state index contributed by atoms with van der Waals surface area (Å²) < 4.78 is 73.8. The van der Waals surface area contributed by atoms with Crippen LogP contribution in [0.15, 0.2) is 83.3 Å². The second-order valence-electron chi connectivity index (χ2n) is 19.3. The van der Waals surface area contributed by atoms with E-state index in [1.807, 2.05) is 0 Å². The molecule has 3 fully saturated rings. The molecular formula is C56H59O30+. The van der Waals surface area contributed by atoms with Crippen molar-refractivity contribution in [3.8, 4) is 68.8 Å². The summed E-state index contributed by atoms with van der Waals surface area (Å²) in [4.78, 5) is 49.7. The maximum atomic E-state index is 13.5. The lowest BCUT2D eigenvalue weighted by Crippen LogP contribution is -2.64. The van der Waals surface area contributed by atoms with Crippen LogP contribution in [-0.2, 0) is 52.3 Å². The number of hydrogen-bond donors (Lipinski definition) is 13. The fourth-order valence-corrected chi connectivity index (χ4v) is 8.94. The first-order valence-electron chi connectivity index (χ1n) is 25.7. The van der Waals surface area contributed by atoms with Gasteiger partial charge < -0.3 is 123 Å². The van der Waals surface area contributed by atoms with Crippen molar-refractivity contribution in [1.82, 2.24) is 0 Å². The first-order valence-corrected chi connectivity index (χ1v) is 25.7. The normalized spacial score (nSPS) is 26.6. The maximum absolute atomic E-state index is 13.5. The minimum absolute atomic E-state index is 0.0230. The van der Waals surface area contributed by atoms with E-state index in [4.69, 9.17) is 66.4 Å². The average Bonchev–Trinajstić information content (AvgIpc) is 3.56. The molecule has 0 aliphatic carbocycles. The lowest BCUT2D eigenvalue weighted by atomic mass is 9.98. The van der Waals surface area contributed by atoms with Crippen molar-refractivity contribution in [3.63, 3.8) is 0 Å². The summed E-state index contributed by atoms with van der Waals surface area (Å²) >= 11 is 0. The number of ether oxygens (including phenoxy) is 12. The summed E-state index contributed by atoms with van der Waals surface area (Å²) in [5, 5.41) is 139. The maximum Gasteiger partial charge on any atom is 0.402 e. The Morgan fingerprint density at radius 3 is 1.87 bits per heavy atom. The number of benzene rings is 4. The lowest BCUT2D eigenvalue weighted by molar-refractivity contribution is -0.345. The predicted octanol–water partition coefficient (Wildman–Crippen LogP) is 0.310. The molecule has 30 heteroatoms. The van der Waals surface area contributed by atoms with Crippen LogP contribution in [0.3, 0.4) is 0 Å². The van der Waals surface area contributed by atoms with Gasteiger partial charge in [0.05, 0.1) is 39.6 Å². The predicted molar refractivity (Wildman–Crippen MR) is 284 cm³/mol. The molecule has 1 aromatic heterocycles. The van der Waals surface area contributed by atoms with E-state index < -0.39 is 165 Å². The smallest absolute Gasteiger partial charge is 0.402 e. The number of phenols is 5. The van der Waals surface area contributed by atoms with Gasteiger partial charge in [-0.25, -0.2) is 14.0 Å². The lowest BCUT2D eigenvalue weighted by Gasteiger charge is -2.45. The first-order chi connectivity index (χ1) is 41.0. The summed E-state index contributed by atoms with van der Waals surface area (Å²) in [5.41, 5.74) is 0.286. The van der Waals surface area contributed by atoms with Crippen LogP contribution in [0.25, 0.3) is 34.4 Å². The van der Waals surface area contributed by atoms with Crippen molar-refractivity contribution in [2.75, 3.05) is 41.2 Å². The molecule has 0 spiro atoms. The van der Waals surface area contributed by atoms with Crippen LogP contribution in [0.5, 0.6) is 57.5 Å². The molecule has 5 aromatic rings. The molecule has 3 aliphatic rings. The zero-order valence-corrected chi connectivity index (χ0v) is 45.3. The summed E-state index contributed by atoms with van der Waals surface area (Å²) in [6.45, 7) is -2.35. The van der Waals surface area contributed by atoms with Crippen molar-refractivity contribution in [3.05, 3.63) is 90.0 Å². The van der Waals surface area contributed by atoms with Crippen LogP contribution in [0, 0.1) is 0 Å². The molecule has 4 heterocycles. The Bertz CT molecular complexity index is 3300. The zero-order chi connectivity index (χ0) is 62.3. The van der Waals surface area contributed by atoms with E-state index in [0.717, 1.165) is 42.5 Å². The number of carbonyl (C=O) groups is 4. The van der Waals surface area contributed by atoms with Gasteiger partial charge in [-0.05, 0) is 59.7 Å². The summed E-state index contributed by atoms with van der Waals surface area (Å²) in [6.07, 6.45) is -24.0. The highest BCUT2D eigenvalue weighted by Crippen LogP contribution is 2.44. The zero-order valence-electron chi connectivity index (χ0n) is 45.3. The molecule has 0 radical (unpaired) electrons. The highest BCUT2D eigenvalue weighted by molar-refractivity contribution is 5.91. The number of aliphatic hydroxyl groups is 7. The van der Waals surface area contributed by atoms with Gasteiger partial charge in [0, 0.05) is 30.4 Å². The van der Waals surface area contributed by atoms with E-state index >= 15 is 0 Å². The van der Waals surface area contributed by atoms with Gasteiger partial charge in [0.2, 0.25) is 24.1 Å². The molecule has 30 nitrogen and oxygen atoms in total. The van der Waals surface area contributed by atoms with Gasteiger partial charge in [0.1, 0.15) is 91.5 Å². The van der Waals surface area contributed by atoms with Gasteiger partial charge >= 0.3 is 35.2 Å². The molecule has 4 aromatic carbocycles. The summed E-state index contributed by atoms with van der Waals surface area (Å²) in [7, 11) is 3.86. The number of aliphatic hydroxyl groups excluding tert-OH is 7. The number of aromatic hydroxyl groups is 5. The van der Waals surface area contributed by atoms with E-state index in [2.05, 4.69) is 0 Å². The fourth-order valence-electron chi connectivity index (χ4n) is 8.94. The Hall–Kier alpha value is -8.79. The number of aliphatic carboxylic acids is 1.